The minimum Gasteiger partial charge on any atom is -0.0887 e. The molecule has 0 saturated carbocycles. The molecule has 0 nitrogen and oxygen atoms in total. The fraction of sp³-hybridized carbons (Fsp3) is 0. The quantitative estimate of drug-likeness (QED) is 0.192. The second-order valence-corrected chi connectivity index (χ2v) is 16.3. The Kier molecular flexibility index (Phi) is 7.32. The smallest absolute Gasteiger partial charge is 0.00871 e. The van der Waals surface area contributed by atoms with Crippen LogP contribution in [0.25, 0.3) is 11.1 Å². The Morgan fingerprint density at radius 2 is 0.500 bits per heavy atom. The summed E-state index contributed by atoms with van der Waals surface area (Å²) in [7, 11) is 0. The van der Waals surface area contributed by atoms with Crippen LogP contribution in [0.4, 0.5) is 0 Å². The van der Waals surface area contributed by atoms with E-state index in [-0.39, 0.29) is 0 Å². The van der Waals surface area contributed by atoms with E-state index in [2.05, 4.69) is 170 Å². The van der Waals surface area contributed by atoms with Gasteiger partial charge in [-0.2, -0.15) is 0 Å². The predicted molar refractivity (Wildman–Crippen MR) is 184 cm³/mol. The molecule has 0 amide bonds. The van der Waals surface area contributed by atoms with Gasteiger partial charge in [0, 0.05) is 0 Å². The van der Waals surface area contributed by atoms with Crippen LogP contribution < -0.4 is 31.8 Å². The molecule has 0 N–H and O–H groups in total. The van der Waals surface area contributed by atoms with E-state index in [0.717, 1.165) is 0 Å². The Morgan fingerprint density at radius 1 is 0.275 bits per heavy atom. The van der Waals surface area contributed by atoms with Crippen molar-refractivity contribution in [2.24, 2.45) is 0 Å². The summed E-state index contributed by atoms with van der Waals surface area (Å²) in [5.74, 6) is 0. The lowest BCUT2D eigenvalue weighted by atomic mass is 10.1. The van der Waals surface area contributed by atoms with E-state index in [1.807, 2.05) is 0 Å². The first-order valence-electron chi connectivity index (χ1n) is 13.5. The van der Waals surface area contributed by atoms with Gasteiger partial charge in [0.05, 0.1) is 0 Å². The first kappa shape index (κ1) is 26.2. The Bertz CT molecular complexity index is 1600. The zero-order valence-corrected chi connectivity index (χ0v) is 24.3. The van der Waals surface area contributed by atoms with E-state index in [0.29, 0.717) is 0 Å². The van der Waals surface area contributed by atoms with Gasteiger partial charge in [0.15, 0.2) is 0 Å². The van der Waals surface area contributed by atoms with Crippen LogP contribution in [-0.4, -0.2) is 12.6 Å². The van der Waals surface area contributed by atoms with Gasteiger partial charge in [-0.25, -0.2) is 0 Å². The van der Waals surface area contributed by atoms with E-state index in [9.17, 15) is 0 Å². The van der Waals surface area contributed by atoms with E-state index in [1.165, 1.54) is 43.0 Å². The molecule has 194 valence electrons. The minimum atomic E-state index is -2.20. The average molecular weight is 551 g/mol. The molecule has 6 rings (SSSR count). The van der Waals surface area contributed by atoms with E-state index in [1.54, 1.807) is 0 Å². The number of hydrogen-bond donors (Lipinski definition) is 0. The summed E-state index contributed by atoms with van der Waals surface area (Å²) in [5, 5.41) is 7.65. The summed E-state index contributed by atoms with van der Waals surface area (Å²) >= 11 is 0. The molecule has 0 aromatic heterocycles. The van der Waals surface area contributed by atoms with Crippen LogP contribution in [0.5, 0.6) is 0 Å². The van der Waals surface area contributed by atoms with Crippen molar-refractivity contribution < 1.29 is 0 Å². The van der Waals surface area contributed by atoms with Crippen molar-refractivity contribution in [2.75, 3.05) is 0 Å². The molecular weight excluding hydrogens is 518 g/mol. The molecule has 0 unspecified atom stereocenters. The van der Waals surface area contributed by atoms with Crippen molar-refractivity contribution in [3.05, 3.63) is 170 Å². The highest BCUT2D eigenvalue weighted by Crippen LogP contribution is 2.48. The van der Waals surface area contributed by atoms with Crippen LogP contribution in [0.1, 0.15) is 0 Å². The second-order valence-electron chi connectivity index (χ2n) is 10.00. The molecule has 2 heteroatoms. The zero-order chi connectivity index (χ0) is 27.4. The van der Waals surface area contributed by atoms with Crippen molar-refractivity contribution >= 4 is 58.2 Å². The van der Waals surface area contributed by atoms with Crippen LogP contribution >= 0.6 is 13.8 Å². The van der Waals surface area contributed by atoms with Gasteiger partial charge >= 0.3 is 0 Å². The van der Waals surface area contributed by atoms with Gasteiger partial charge in [-0.3, -0.25) is 0 Å². The zero-order valence-electron chi connectivity index (χ0n) is 22.5. The molecule has 0 heterocycles. The average Bonchev–Trinajstić information content (AvgIpc) is 3.05. The molecule has 0 aliphatic rings. The van der Waals surface area contributed by atoms with Gasteiger partial charge in [-0.05, 0) is 56.7 Å². The molecule has 0 radical (unpaired) electrons. The van der Waals surface area contributed by atoms with E-state index in [4.69, 9.17) is 12.6 Å². The molecule has 0 saturated heterocycles. The lowest BCUT2D eigenvalue weighted by Crippen LogP contribution is -2.29. The Labute approximate surface area is 238 Å². The van der Waals surface area contributed by atoms with Crippen LogP contribution in [0.3, 0.4) is 0 Å². The molecule has 0 fully saturated rings. The normalized spacial score (nSPS) is 11.7. The largest absolute Gasteiger partial charge is 0.0887 e. The highest BCUT2D eigenvalue weighted by molar-refractivity contribution is 7.94. The third kappa shape index (κ3) is 4.55. The monoisotopic (exact) mass is 550 g/mol. The third-order valence-corrected chi connectivity index (χ3v) is 14.9. The SMILES string of the molecule is C=P(c1ccccc1)(c1ccccc1)c1ccccc1-c1ccccc1P(=C)(c1ccccc1)c1ccccc1. The summed E-state index contributed by atoms with van der Waals surface area (Å²) in [6.07, 6.45) is 10.2. The molecule has 0 aliphatic heterocycles. The third-order valence-electron chi connectivity index (χ3n) is 7.71. The molecule has 6 aromatic rings. The topological polar surface area (TPSA) is 0 Å². The van der Waals surface area contributed by atoms with Crippen LogP contribution in [-0.2, 0) is 0 Å². The van der Waals surface area contributed by atoms with Crippen LogP contribution in [0.15, 0.2) is 170 Å². The Hall–Kier alpha value is -4.08. The first-order valence-corrected chi connectivity index (χ1v) is 17.5. The maximum absolute atomic E-state index is 5.08. The van der Waals surface area contributed by atoms with Crippen molar-refractivity contribution in [2.45, 2.75) is 0 Å². The number of hydrogen-bond acceptors (Lipinski definition) is 0. The fourth-order valence-electron chi connectivity index (χ4n) is 5.65. The Balaban J connectivity index is 1.66. The molecule has 0 spiro atoms. The molecular formula is C38H32P2. The van der Waals surface area contributed by atoms with Crippen LogP contribution in [0, 0.1) is 0 Å². The van der Waals surface area contributed by atoms with Gasteiger partial charge in [0.25, 0.3) is 0 Å². The van der Waals surface area contributed by atoms with Gasteiger partial charge in [0.1, 0.15) is 0 Å². The molecule has 0 bridgehead atoms. The summed E-state index contributed by atoms with van der Waals surface area (Å²) < 4.78 is 0. The van der Waals surface area contributed by atoms with Gasteiger partial charge < -0.3 is 0 Å². The standard InChI is InChI=1S/C38H32P2/c1-39(31-19-7-3-8-20-31,32-21-9-4-10-22-32)37-29-17-15-27-35(37)36-28-16-18-30-38(36)40(2,33-23-11-5-12-24-33)34-25-13-6-14-26-34/h3-30H,1-2H2. The fourth-order valence-corrected chi connectivity index (χ4v) is 12.0. The lowest BCUT2D eigenvalue weighted by molar-refractivity contribution is 1.67. The number of rotatable bonds is 7. The molecule has 0 aliphatic carbocycles. The van der Waals surface area contributed by atoms with Crippen molar-refractivity contribution in [3.63, 3.8) is 0 Å². The predicted octanol–water partition coefficient (Wildman–Crippen LogP) is 6.81. The highest BCUT2D eigenvalue weighted by atomic mass is 31.2. The van der Waals surface area contributed by atoms with Crippen LogP contribution in [0.2, 0.25) is 0 Å². The highest BCUT2D eigenvalue weighted by Gasteiger charge is 2.29. The van der Waals surface area contributed by atoms with Gasteiger partial charge in [0.2, 0.25) is 0 Å². The molecule has 0 atom stereocenters. The van der Waals surface area contributed by atoms with Gasteiger partial charge in [-0.15, -0.1) is 0 Å². The van der Waals surface area contributed by atoms with Crippen molar-refractivity contribution in [1.29, 1.82) is 0 Å². The van der Waals surface area contributed by atoms with Crippen molar-refractivity contribution in [3.8, 4) is 11.1 Å². The maximum Gasteiger partial charge on any atom is -0.00871 e. The maximum atomic E-state index is 5.08. The summed E-state index contributed by atoms with van der Waals surface area (Å²) in [6.45, 7) is -4.41. The number of benzene rings is 6. The summed E-state index contributed by atoms with van der Waals surface area (Å²) in [4.78, 5) is 0. The van der Waals surface area contributed by atoms with E-state index >= 15 is 0 Å². The second kappa shape index (κ2) is 11.2. The Morgan fingerprint density at radius 3 is 0.775 bits per heavy atom. The van der Waals surface area contributed by atoms with E-state index < -0.39 is 13.8 Å². The summed E-state index contributed by atoms with van der Waals surface area (Å²) in [5.41, 5.74) is 2.46. The van der Waals surface area contributed by atoms with Crippen molar-refractivity contribution in [1.82, 2.24) is 0 Å². The summed E-state index contributed by atoms with van der Waals surface area (Å²) in [6, 6.07) is 61.1. The lowest BCUT2D eigenvalue weighted by Gasteiger charge is -2.32. The minimum absolute atomic E-state index is 1.23. The molecule has 6 aromatic carbocycles. The van der Waals surface area contributed by atoms with Gasteiger partial charge in [-0.1, -0.05) is 182 Å². The molecule has 40 heavy (non-hydrogen) atoms. The first-order chi connectivity index (χ1) is 19.6.